The molecule has 1 atom stereocenters. The molecular formula is C11H16N2O3S. The molecule has 1 aromatic heterocycles. The fraction of sp³-hybridized carbons (Fsp3) is 0.545. The third kappa shape index (κ3) is 3.17. The standard InChI is InChI=1S/C11H16N2O3S/c1-17(14,15)10-5-2-6-12-11(10)13-9-4-3-7-16-8-9/h2,5-6,9H,3-4,7-8H2,1H3,(H,12,13). The molecule has 0 aromatic carbocycles. The first-order valence-electron chi connectivity index (χ1n) is 5.57. The fourth-order valence-electron chi connectivity index (χ4n) is 1.85. The second-order valence-corrected chi connectivity index (χ2v) is 6.16. The number of aromatic nitrogens is 1. The second-order valence-electron chi connectivity index (χ2n) is 4.18. The van der Waals surface area contributed by atoms with Crippen LogP contribution in [0.15, 0.2) is 23.2 Å². The minimum atomic E-state index is -3.25. The molecule has 1 unspecified atom stereocenters. The van der Waals surface area contributed by atoms with Crippen molar-refractivity contribution in [2.24, 2.45) is 0 Å². The quantitative estimate of drug-likeness (QED) is 0.876. The van der Waals surface area contributed by atoms with E-state index in [1.165, 1.54) is 6.26 Å². The first kappa shape index (κ1) is 12.3. The number of nitrogens with zero attached hydrogens (tertiary/aromatic N) is 1. The fourth-order valence-corrected chi connectivity index (χ4v) is 2.63. The van der Waals surface area contributed by atoms with Crippen molar-refractivity contribution in [3.63, 3.8) is 0 Å². The van der Waals surface area contributed by atoms with Crippen LogP contribution in [0.3, 0.4) is 0 Å². The minimum Gasteiger partial charge on any atom is -0.379 e. The van der Waals surface area contributed by atoms with Crippen molar-refractivity contribution in [3.05, 3.63) is 18.3 Å². The van der Waals surface area contributed by atoms with Gasteiger partial charge in [0, 0.05) is 19.1 Å². The summed E-state index contributed by atoms with van der Waals surface area (Å²) in [5, 5.41) is 3.14. The van der Waals surface area contributed by atoms with Crippen LogP contribution in [0.1, 0.15) is 12.8 Å². The lowest BCUT2D eigenvalue weighted by Gasteiger charge is -2.24. The van der Waals surface area contributed by atoms with E-state index < -0.39 is 9.84 Å². The number of anilines is 1. The van der Waals surface area contributed by atoms with Gasteiger partial charge in [0.25, 0.3) is 0 Å². The lowest BCUT2D eigenvalue weighted by molar-refractivity contribution is 0.0874. The summed E-state index contributed by atoms with van der Waals surface area (Å²) in [6, 6.07) is 3.33. The molecule has 1 aliphatic heterocycles. The van der Waals surface area contributed by atoms with Gasteiger partial charge in [0.1, 0.15) is 10.7 Å². The van der Waals surface area contributed by atoms with Crippen molar-refractivity contribution in [2.45, 2.75) is 23.8 Å². The molecule has 0 bridgehead atoms. The van der Waals surface area contributed by atoms with Gasteiger partial charge in [0.2, 0.25) is 0 Å². The molecular weight excluding hydrogens is 240 g/mol. The highest BCUT2D eigenvalue weighted by molar-refractivity contribution is 7.90. The van der Waals surface area contributed by atoms with Gasteiger partial charge >= 0.3 is 0 Å². The maximum atomic E-state index is 11.6. The van der Waals surface area contributed by atoms with Gasteiger partial charge in [-0.15, -0.1) is 0 Å². The maximum absolute atomic E-state index is 11.6. The van der Waals surface area contributed by atoms with Crippen LogP contribution in [0.25, 0.3) is 0 Å². The smallest absolute Gasteiger partial charge is 0.179 e. The largest absolute Gasteiger partial charge is 0.379 e. The summed E-state index contributed by atoms with van der Waals surface area (Å²) in [5.41, 5.74) is 0. The van der Waals surface area contributed by atoms with Gasteiger partial charge in [0.15, 0.2) is 9.84 Å². The highest BCUT2D eigenvalue weighted by Crippen LogP contribution is 2.20. The van der Waals surface area contributed by atoms with Crippen molar-refractivity contribution >= 4 is 15.7 Å². The Hall–Kier alpha value is -1.14. The van der Waals surface area contributed by atoms with Crippen LogP contribution in [-0.2, 0) is 14.6 Å². The number of nitrogens with one attached hydrogen (secondary N) is 1. The summed E-state index contributed by atoms with van der Waals surface area (Å²) in [6.45, 7) is 1.37. The lowest BCUT2D eigenvalue weighted by atomic mass is 10.1. The van der Waals surface area contributed by atoms with Gasteiger partial charge in [0.05, 0.1) is 12.6 Å². The van der Waals surface area contributed by atoms with Crippen molar-refractivity contribution < 1.29 is 13.2 Å². The van der Waals surface area contributed by atoms with Crippen molar-refractivity contribution in [1.29, 1.82) is 0 Å². The monoisotopic (exact) mass is 256 g/mol. The predicted octanol–water partition coefficient (Wildman–Crippen LogP) is 1.08. The zero-order chi connectivity index (χ0) is 12.3. The SMILES string of the molecule is CS(=O)(=O)c1cccnc1NC1CCCOC1. The number of pyridine rings is 1. The van der Waals surface area contributed by atoms with E-state index in [1.54, 1.807) is 18.3 Å². The van der Waals surface area contributed by atoms with E-state index in [0.717, 1.165) is 19.4 Å². The molecule has 17 heavy (non-hydrogen) atoms. The van der Waals surface area contributed by atoms with Crippen LogP contribution in [0.5, 0.6) is 0 Å². The Balaban J connectivity index is 2.20. The topological polar surface area (TPSA) is 68.3 Å². The Morgan fingerprint density at radius 3 is 3.00 bits per heavy atom. The molecule has 0 amide bonds. The van der Waals surface area contributed by atoms with Crippen molar-refractivity contribution in [2.75, 3.05) is 24.8 Å². The summed E-state index contributed by atoms with van der Waals surface area (Å²) in [4.78, 5) is 4.33. The van der Waals surface area contributed by atoms with Crippen LogP contribution in [0, 0.1) is 0 Å². The summed E-state index contributed by atoms with van der Waals surface area (Å²) in [6.07, 6.45) is 4.73. The van der Waals surface area contributed by atoms with Crippen LogP contribution >= 0.6 is 0 Å². The first-order chi connectivity index (χ1) is 8.07. The van der Waals surface area contributed by atoms with Gasteiger partial charge in [-0.2, -0.15) is 0 Å². The average molecular weight is 256 g/mol. The van der Waals surface area contributed by atoms with Gasteiger partial charge in [-0.25, -0.2) is 13.4 Å². The van der Waals surface area contributed by atoms with Gasteiger partial charge in [-0.1, -0.05) is 0 Å². The molecule has 0 spiro atoms. The molecule has 1 aromatic rings. The Bertz CT molecular complexity index is 481. The molecule has 0 aliphatic carbocycles. The number of ether oxygens (including phenoxy) is 1. The highest BCUT2D eigenvalue weighted by atomic mass is 32.2. The van der Waals surface area contributed by atoms with E-state index in [1.807, 2.05) is 0 Å². The van der Waals surface area contributed by atoms with Crippen LogP contribution < -0.4 is 5.32 Å². The van der Waals surface area contributed by atoms with Gasteiger partial charge < -0.3 is 10.1 Å². The van der Waals surface area contributed by atoms with E-state index in [9.17, 15) is 8.42 Å². The van der Waals surface area contributed by atoms with Crippen LogP contribution in [0.4, 0.5) is 5.82 Å². The number of sulfone groups is 1. The Kier molecular flexibility index (Phi) is 3.63. The van der Waals surface area contributed by atoms with Crippen LogP contribution in [0.2, 0.25) is 0 Å². The molecule has 2 heterocycles. The normalized spacial score (nSPS) is 21.1. The molecule has 0 saturated carbocycles. The van der Waals surface area contributed by atoms with E-state index in [2.05, 4.69) is 10.3 Å². The van der Waals surface area contributed by atoms with E-state index in [0.29, 0.717) is 12.4 Å². The molecule has 1 fully saturated rings. The van der Waals surface area contributed by atoms with E-state index in [4.69, 9.17) is 4.74 Å². The van der Waals surface area contributed by atoms with Crippen molar-refractivity contribution in [3.8, 4) is 0 Å². The summed E-state index contributed by atoms with van der Waals surface area (Å²) >= 11 is 0. The lowest BCUT2D eigenvalue weighted by Crippen LogP contribution is -2.30. The predicted molar refractivity (Wildman–Crippen MR) is 64.8 cm³/mol. The third-order valence-corrected chi connectivity index (χ3v) is 3.80. The number of hydrogen-bond donors (Lipinski definition) is 1. The minimum absolute atomic E-state index is 0.138. The van der Waals surface area contributed by atoms with Crippen molar-refractivity contribution in [1.82, 2.24) is 4.98 Å². The Labute approximate surface area is 101 Å². The average Bonchev–Trinajstić information content (AvgIpc) is 2.30. The van der Waals surface area contributed by atoms with E-state index in [-0.39, 0.29) is 10.9 Å². The first-order valence-corrected chi connectivity index (χ1v) is 7.46. The molecule has 1 saturated heterocycles. The van der Waals surface area contributed by atoms with Gasteiger partial charge in [-0.3, -0.25) is 0 Å². The van der Waals surface area contributed by atoms with Gasteiger partial charge in [-0.05, 0) is 25.0 Å². The summed E-state index contributed by atoms with van der Waals surface area (Å²) in [7, 11) is -3.25. The summed E-state index contributed by atoms with van der Waals surface area (Å²) < 4.78 is 28.5. The molecule has 1 N–H and O–H groups in total. The highest BCUT2D eigenvalue weighted by Gasteiger charge is 2.19. The maximum Gasteiger partial charge on any atom is 0.179 e. The molecule has 94 valence electrons. The zero-order valence-electron chi connectivity index (χ0n) is 9.72. The second kappa shape index (κ2) is 5.01. The molecule has 1 aliphatic rings. The number of hydrogen-bond acceptors (Lipinski definition) is 5. The molecule has 0 radical (unpaired) electrons. The van der Waals surface area contributed by atoms with E-state index >= 15 is 0 Å². The molecule has 5 nitrogen and oxygen atoms in total. The molecule has 2 rings (SSSR count). The Morgan fingerprint density at radius 1 is 1.53 bits per heavy atom. The number of rotatable bonds is 3. The molecule has 6 heteroatoms. The summed E-state index contributed by atoms with van der Waals surface area (Å²) in [5.74, 6) is 0.422. The van der Waals surface area contributed by atoms with Crippen LogP contribution in [-0.4, -0.2) is 38.9 Å². The Morgan fingerprint density at radius 2 is 2.35 bits per heavy atom. The zero-order valence-corrected chi connectivity index (χ0v) is 10.5. The third-order valence-electron chi connectivity index (χ3n) is 2.67.